The number of nitrogens with zero attached hydrogens (tertiary/aromatic N) is 1. The van der Waals surface area contributed by atoms with Gasteiger partial charge in [-0.1, -0.05) is 15.9 Å². The lowest BCUT2D eigenvalue weighted by Gasteiger charge is -1.98. The number of aryl methyl sites for hydroxylation is 1. The highest BCUT2D eigenvalue weighted by atomic mass is 79.9. The molecule has 82 valence electrons. The summed E-state index contributed by atoms with van der Waals surface area (Å²) in [5.41, 5.74) is 3.16. The van der Waals surface area contributed by atoms with Gasteiger partial charge in [-0.25, -0.2) is 0 Å². The van der Waals surface area contributed by atoms with Gasteiger partial charge in [-0.2, -0.15) is 5.26 Å². The Morgan fingerprint density at radius 2 is 2.19 bits per heavy atom. The van der Waals surface area contributed by atoms with Crippen molar-refractivity contribution >= 4 is 26.8 Å². The summed E-state index contributed by atoms with van der Waals surface area (Å²) in [5, 5.41) is 11.1. The fourth-order valence-electron chi connectivity index (χ4n) is 1.86. The maximum atomic E-state index is 8.87. The molecule has 0 radical (unpaired) electrons. The second-order valence-electron chi connectivity index (χ2n) is 3.83. The second kappa shape index (κ2) is 5.18. The minimum atomic E-state index is 0.730. The van der Waals surface area contributed by atoms with Gasteiger partial charge in [0.25, 0.3) is 0 Å². The predicted octanol–water partition coefficient (Wildman–Crippen LogP) is 3.76. The van der Waals surface area contributed by atoms with Crippen LogP contribution in [0.2, 0.25) is 0 Å². The lowest BCUT2D eigenvalue weighted by molar-refractivity contribution is 0.810. The van der Waals surface area contributed by atoms with Crippen molar-refractivity contribution in [3.8, 4) is 6.07 Å². The number of aromatic nitrogens is 1. The summed E-state index contributed by atoms with van der Waals surface area (Å²) in [7, 11) is 0. The van der Waals surface area contributed by atoms with Gasteiger partial charge in [-0.05, 0) is 43.0 Å². The lowest BCUT2D eigenvalue weighted by atomic mass is 10.1. The number of fused-ring (bicyclic) bond motifs is 1. The van der Waals surface area contributed by atoms with E-state index in [0.29, 0.717) is 0 Å². The van der Waals surface area contributed by atoms with Crippen LogP contribution in [0.4, 0.5) is 0 Å². The van der Waals surface area contributed by atoms with Crippen LogP contribution in [0.25, 0.3) is 10.9 Å². The highest BCUT2D eigenvalue weighted by molar-refractivity contribution is 9.09. The lowest BCUT2D eigenvalue weighted by Crippen LogP contribution is -1.84. The average molecular weight is 277 g/mol. The SMILES string of the molecule is N#Cc1ccc2[nH]cc(CCCCBr)c2c1. The molecule has 0 unspecified atom stereocenters. The normalized spacial score (nSPS) is 10.5. The maximum absolute atomic E-state index is 8.87. The molecule has 0 aliphatic heterocycles. The molecule has 2 nitrogen and oxygen atoms in total. The molecular formula is C13H13BrN2. The van der Waals surface area contributed by atoms with Crippen LogP contribution in [0.5, 0.6) is 0 Å². The van der Waals surface area contributed by atoms with Crippen LogP contribution in [0, 0.1) is 11.3 Å². The van der Waals surface area contributed by atoms with Crippen molar-refractivity contribution in [3.05, 3.63) is 35.5 Å². The van der Waals surface area contributed by atoms with E-state index in [1.165, 1.54) is 23.8 Å². The standard InChI is InChI=1S/C13H13BrN2/c14-6-2-1-3-11-9-16-13-5-4-10(8-15)7-12(11)13/h4-5,7,9,16H,1-3,6H2. The first-order valence-corrected chi connectivity index (χ1v) is 6.53. The molecule has 1 heterocycles. The Morgan fingerprint density at radius 3 is 2.94 bits per heavy atom. The quantitative estimate of drug-likeness (QED) is 0.670. The van der Waals surface area contributed by atoms with Gasteiger partial charge >= 0.3 is 0 Å². The van der Waals surface area contributed by atoms with E-state index in [0.717, 1.165) is 22.8 Å². The molecular weight excluding hydrogens is 264 g/mol. The Balaban J connectivity index is 2.28. The van der Waals surface area contributed by atoms with Gasteiger partial charge < -0.3 is 4.98 Å². The molecule has 0 saturated carbocycles. The van der Waals surface area contributed by atoms with Crippen molar-refractivity contribution in [3.63, 3.8) is 0 Å². The molecule has 16 heavy (non-hydrogen) atoms. The predicted molar refractivity (Wildman–Crippen MR) is 69.7 cm³/mol. The molecule has 1 aromatic carbocycles. The number of nitriles is 1. The maximum Gasteiger partial charge on any atom is 0.0991 e. The molecule has 0 aliphatic carbocycles. The summed E-state index contributed by atoms with van der Waals surface area (Å²) < 4.78 is 0. The van der Waals surface area contributed by atoms with Crippen LogP contribution < -0.4 is 0 Å². The van der Waals surface area contributed by atoms with Gasteiger partial charge in [0, 0.05) is 22.4 Å². The zero-order valence-electron chi connectivity index (χ0n) is 8.96. The zero-order chi connectivity index (χ0) is 11.4. The van der Waals surface area contributed by atoms with Crippen LogP contribution in [0.15, 0.2) is 24.4 Å². The van der Waals surface area contributed by atoms with Crippen molar-refractivity contribution in [1.82, 2.24) is 4.98 Å². The second-order valence-corrected chi connectivity index (χ2v) is 4.63. The zero-order valence-corrected chi connectivity index (χ0v) is 10.5. The largest absolute Gasteiger partial charge is 0.361 e. The third-order valence-corrected chi connectivity index (χ3v) is 3.29. The van der Waals surface area contributed by atoms with Crippen molar-refractivity contribution in [2.24, 2.45) is 0 Å². The number of halogens is 1. The van der Waals surface area contributed by atoms with Gasteiger partial charge in [0.15, 0.2) is 0 Å². The van der Waals surface area contributed by atoms with Crippen molar-refractivity contribution < 1.29 is 0 Å². The Labute approximate surface area is 103 Å². The number of nitrogens with one attached hydrogen (secondary N) is 1. The molecule has 0 bridgehead atoms. The van der Waals surface area contributed by atoms with Crippen molar-refractivity contribution in [1.29, 1.82) is 5.26 Å². The first kappa shape index (κ1) is 11.2. The molecule has 1 N–H and O–H groups in total. The molecule has 2 aromatic rings. The molecule has 0 aliphatic rings. The fraction of sp³-hybridized carbons (Fsp3) is 0.308. The number of rotatable bonds is 4. The molecule has 0 amide bonds. The molecule has 2 rings (SSSR count). The van der Waals surface area contributed by atoms with Gasteiger partial charge in [-0.3, -0.25) is 0 Å². The molecule has 0 saturated heterocycles. The van der Waals surface area contributed by atoms with E-state index in [9.17, 15) is 0 Å². The summed E-state index contributed by atoms with van der Waals surface area (Å²) in [6, 6.07) is 7.97. The van der Waals surface area contributed by atoms with Gasteiger partial charge in [-0.15, -0.1) is 0 Å². The van der Waals surface area contributed by atoms with Crippen LogP contribution >= 0.6 is 15.9 Å². The van der Waals surface area contributed by atoms with E-state index in [1.807, 2.05) is 18.2 Å². The minimum Gasteiger partial charge on any atom is -0.361 e. The number of hydrogen-bond acceptors (Lipinski definition) is 1. The van der Waals surface area contributed by atoms with E-state index < -0.39 is 0 Å². The smallest absolute Gasteiger partial charge is 0.0991 e. The summed E-state index contributed by atoms with van der Waals surface area (Å²) in [6.45, 7) is 0. The number of H-pyrrole nitrogens is 1. The molecule has 0 spiro atoms. The van der Waals surface area contributed by atoms with E-state index in [4.69, 9.17) is 5.26 Å². The topological polar surface area (TPSA) is 39.6 Å². The van der Waals surface area contributed by atoms with Gasteiger partial charge in [0.05, 0.1) is 11.6 Å². The summed E-state index contributed by atoms with van der Waals surface area (Å²) in [5.74, 6) is 0. The summed E-state index contributed by atoms with van der Waals surface area (Å²) in [4.78, 5) is 3.25. The van der Waals surface area contributed by atoms with Crippen molar-refractivity contribution in [2.75, 3.05) is 5.33 Å². The minimum absolute atomic E-state index is 0.730. The number of unbranched alkanes of at least 4 members (excludes halogenated alkanes) is 1. The third-order valence-electron chi connectivity index (χ3n) is 2.73. The molecule has 0 fully saturated rings. The Hall–Kier alpha value is -1.27. The van der Waals surface area contributed by atoms with Crippen LogP contribution in [-0.4, -0.2) is 10.3 Å². The van der Waals surface area contributed by atoms with E-state index in [2.05, 4.69) is 33.2 Å². The molecule has 1 aromatic heterocycles. The van der Waals surface area contributed by atoms with E-state index >= 15 is 0 Å². The summed E-state index contributed by atoms with van der Waals surface area (Å²) >= 11 is 3.44. The van der Waals surface area contributed by atoms with Crippen LogP contribution in [-0.2, 0) is 6.42 Å². The first-order chi connectivity index (χ1) is 7.85. The molecule has 0 atom stereocenters. The van der Waals surface area contributed by atoms with Crippen LogP contribution in [0.1, 0.15) is 24.0 Å². The van der Waals surface area contributed by atoms with Gasteiger partial charge in [0.2, 0.25) is 0 Å². The number of hydrogen-bond donors (Lipinski definition) is 1. The Morgan fingerprint density at radius 1 is 1.31 bits per heavy atom. The molecule has 3 heteroatoms. The Kier molecular flexibility index (Phi) is 3.63. The first-order valence-electron chi connectivity index (χ1n) is 5.41. The van der Waals surface area contributed by atoms with Crippen molar-refractivity contribution in [2.45, 2.75) is 19.3 Å². The fourth-order valence-corrected chi connectivity index (χ4v) is 2.26. The van der Waals surface area contributed by atoms with Gasteiger partial charge in [0.1, 0.15) is 0 Å². The number of alkyl halides is 1. The van der Waals surface area contributed by atoms with E-state index in [1.54, 1.807) is 0 Å². The average Bonchev–Trinajstić information content (AvgIpc) is 2.72. The summed E-state index contributed by atoms with van der Waals surface area (Å²) in [6.07, 6.45) is 5.49. The highest BCUT2D eigenvalue weighted by Crippen LogP contribution is 2.21. The monoisotopic (exact) mass is 276 g/mol. The Bertz CT molecular complexity index is 522. The third kappa shape index (κ3) is 2.28. The highest BCUT2D eigenvalue weighted by Gasteiger charge is 2.04. The number of aromatic amines is 1. The van der Waals surface area contributed by atoms with E-state index in [-0.39, 0.29) is 0 Å². The van der Waals surface area contributed by atoms with Crippen LogP contribution in [0.3, 0.4) is 0 Å². The number of benzene rings is 1.